The molecule has 0 saturated heterocycles. The number of aromatic nitrogens is 2. The summed E-state index contributed by atoms with van der Waals surface area (Å²) in [5.41, 5.74) is 1.93. The van der Waals surface area contributed by atoms with E-state index in [2.05, 4.69) is 6.92 Å². The van der Waals surface area contributed by atoms with E-state index in [9.17, 15) is 14.9 Å². The predicted octanol–water partition coefficient (Wildman–Crippen LogP) is 3.87. The molecule has 0 spiro atoms. The lowest BCUT2D eigenvalue weighted by Crippen LogP contribution is -2.19. The van der Waals surface area contributed by atoms with Crippen LogP contribution in [-0.4, -0.2) is 14.5 Å². The third-order valence-corrected chi connectivity index (χ3v) is 5.56. The van der Waals surface area contributed by atoms with Crippen molar-refractivity contribution in [1.29, 1.82) is 0 Å². The highest BCUT2D eigenvalue weighted by Crippen LogP contribution is 2.30. The molecule has 1 aliphatic rings. The highest BCUT2D eigenvalue weighted by Gasteiger charge is 2.22. The summed E-state index contributed by atoms with van der Waals surface area (Å²) in [6, 6.07) is 8.34. The molecule has 4 rings (SSSR count). The molecule has 0 fully saturated rings. The molecule has 0 N–H and O–H groups in total. The zero-order valence-corrected chi connectivity index (χ0v) is 14.4. The van der Waals surface area contributed by atoms with Crippen molar-refractivity contribution in [1.82, 2.24) is 9.55 Å². The van der Waals surface area contributed by atoms with E-state index >= 15 is 0 Å². The second-order valence-electron chi connectivity index (χ2n) is 5.95. The third-order valence-electron chi connectivity index (χ3n) is 4.39. The highest BCUT2D eigenvalue weighted by atomic mass is 32.1. The number of aryl methyl sites for hydroxylation is 1. The fourth-order valence-electron chi connectivity index (χ4n) is 3.07. The van der Waals surface area contributed by atoms with Crippen LogP contribution in [0.5, 0.6) is 0 Å². The van der Waals surface area contributed by atoms with Crippen molar-refractivity contribution in [3.8, 4) is 0 Å². The number of benzene rings is 1. The summed E-state index contributed by atoms with van der Waals surface area (Å²) in [6.45, 7) is 2.68. The number of allylic oxidation sites excluding steroid dienone is 1. The number of hydrogen-bond donors (Lipinski definition) is 0. The van der Waals surface area contributed by atoms with E-state index in [4.69, 9.17) is 4.98 Å². The van der Waals surface area contributed by atoms with Gasteiger partial charge in [0, 0.05) is 23.6 Å². The van der Waals surface area contributed by atoms with E-state index in [-0.39, 0.29) is 11.2 Å². The first kappa shape index (κ1) is 15.7. The van der Waals surface area contributed by atoms with Crippen LogP contribution in [0.25, 0.3) is 21.9 Å². The Morgan fingerprint density at radius 2 is 2.12 bits per heavy atom. The monoisotopic (exact) mass is 353 g/mol. The Labute approximate surface area is 147 Å². The average Bonchev–Trinajstić information content (AvgIpc) is 3.20. The molecule has 7 heteroatoms. The number of hydrogen-bond acceptors (Lipinski definition) is 5. The van der Waals surface area contributed by atoms with Gasteiger partial charge in [-0.05, 0) is 48.3 Å². The van der Waals surface area contributed by atoms with E-state index in [1.807, 2.05) is 12.1 Å². The van der Waals surface area contributed by atoms with Gasteiger partial charge in [0.15, 0.2) is 0 Å². The number of nitro benzene ring substituents is 1. The van der Waals surface area contributed by atoms with Crippen LogP contribution in [0.2, 0.25) is 0 Å². The van der Waals surface area contributed by atoms with Crippen molar-refractivity contribution in [2.24, 2.45) is 0 Å². The summed E-state index contributed by atoms with van der Waals surface area (Å²) >= 11 is 1.56. The van der Waals surface area contributed by atoms with E-state index in [1.54, 1.807) is 28.0 Å². The SMILES string of the molecule is CCc1cc2c(=O)n3c(nc2s1)/C(=C/c1ccc([N+](=O)[O-])cc1)CC3. The Hall–Kier alpha value is -2.80. The van der Waals surface area contributed by atoms with Gasteiger partial charge in [-0.15, -0.1) is 11.3 Å². The summed E-state index contributed by atoms with van der Waals surface area (Å²) in [6.07, 6.45) is 3.58. The lowest BCUT2D eigenvalue weighted by atomic mass is 10.1. The van der Waals surface area contributed by atoms with E-state index in [0.717, 1.165) is 33.7 Å². The maximum absolute atomic E-state index is 12.7. The van der Waals surface area contributed by atoms with Crippen molar-refractivity contribution >= 4 is 38.9 Å². The smallest absolute Gasteiger partial charge is 0.269 e. The van der Waals surface area contributed by atoms with Gasteiger partial charge < -0.3 is 0 Å². The second kappa shape index (κ2) is 5.93. The van der Waals surface area contributed by atoms with Gasteiger partial charge in [-0.3, -0.25) is 19.5 Å². The molecular formula is C18H15N3O3S. The molecule has 1 aromatic carbocycles. The number of nitro groups is 1. The zero-order valence-electron chi connectivity index (χ0n) is 13.6. The van der Waals surface area contributed by atoms with Gasteiger partial charge in [0.1, 0.15) is 10.7 Å². The summed E-state index contributed by atoms with van der Waals surface area (Å²) in [4.78, 5) is 29.7. The summed E-state index contributed by atoms with van der Waals surface area (Å²) in [7, 11) is 0. The molecule has 0 atom stereocenters. The standard InChI is InChI=1S/C18H15N3O3S/c1-2-14-10-15-17(25-14)19-16-12(7-8-20(16)18(15)22)9-11-3-5-13(6-4-11)21(23)24/h3-6,9-10H,2,7-8H2,1H3/b12-9+. The van der Waals surface area contributed by atoms with Crippen LogP contribution in [0.4, 0.5) is 5.69 Å². The van der Waals surface area contributed by atoms with E-state index in [0.29, 0.717) is 17.8 Å². The molecular weight excluding hydrogens is 338 g/mol. The Morgan fingerprint density at radius 3 is 2.80 bits per heavy atom. The fourth-order valence-corrected chi connectivity index (χ4v) is 4.02. The summed E-state index contributed by atoms with van der Waals surface area (Å²) in [5.74, 6) is 0.709. The van der Waals surface area contributed by atoms with Gasteiger partial charge in [-0.2, -0.15) is 0 Å². The quantitative estimate of drug-likeness (QED) is 0.529. The normalized spacial score (nSPS) is 15.0. The first-order valence-electron chi connectivity index (χ1n) is 8.05. The second-order valence-corrected chi connectivity index (χ2v) is 7.06. The lowest BCUT2D eigenvalue weighted by molar-refractivity contribution is -0.384. The minimum Gasteiger partial charge on any atom is -0.292 e. The third kappa shape index (κ3) is 2.66. The van der Waals surface area contributed by atoms with Crippen molar-refractivity contribution in [2.45, 2.75) is 26.3 Å². The van der Waals surface area contributed by atoms with Gasteiger partial charge in [-0.25, -0.2) is 4.98 Å². The number of rotatable bonds is 3. The average molecular weight is 353 g/mol. The fraction of sp³-hybridized carbons (Fsp3) is 0.222. The minimum atomic E-state index is -0.415. The van der Waals surface area contributed by atoms with Crippen molar-refractivity contribution in [2.75, 3.05) is 0 Å². The molecule has 0 unspecified atom stereocenters. The van der Waals surface area contributed by atoms with E-state index in [1.165, 1.54) is 12.1 Å². The first-order valence-corrected chi connectivity index (χ1v) is 8.87. The lowest BCUT2D eigenvalue weighted by Gasteiger charge is -2.02. The van der Waals surface area contributed by atoms with Crippen LogP contribution >= 0.6 is 11.3 Å². The van der Waals surface area contributed by atoms with Gasteiger partial charge in [-0.1, -0.05) is 6.92 Å². The highest BCUT2D eigenvalue weighted by molar-refractivity contribution is 7.18. The molecule has 3 heterocycles. The van der Waals surface area contributed by atoms with Crippen molar-refractivity contribution in [3.05, 3.63) is 67.1 Å². The Balaban J connectivity index is 1.79. The van der Waals surface area contributed by atoms with Gasteiger partial charge in [0.05, 0.1) is 10.3 Å². The molecule has 0 amide bonds. The molecule has 3 aromatic rings. The number of fused-ring (bicyclic) bond motifs is 2. The first-order chi connectivity index (χ1) is 12.1. The number of thiophene rings is 1. The van der Waals surface area contributed by atoms with Crippen LogP contribution in [0.1, 0.15) is 29.6 Å². The van der Waals surface area contributed by atoms with Gasteiger partial charge >= 0.3 is 0 Å². The molecule has 25 heavy (non-hydrogen) atoms. The number of nitrogens with zero attached hydrogens (tertiary/aromatic N) is 3. The Bertz CT molecular complexity index is 1080. The van der Waals surface area contributed by atoms with Crippen molar-refractivity contribution < 1.29 is 4.92 Å². The van der Waals surface area contributed by atoms with E-state index < -0.39 is 4.92 Å². The summed E-state index contributed by atoms with van der Waals surface area (Å²) < 4.78 is 1.73. The molecule has 6 nitrogen and oxygen atoms in total. The Kier molecular flexibility index (Phi) is 3.73. The largest absolute Gasteiger partial charge is 0.292 e. The molecule has 126 valence electrons. The predicted molar refractivity (Wildman–Crippen MR) is 98.8 cm³/mol. The molecule has 0 aliphatic carbocycles. The Morgan fingerprint density at radius 1 is 1.36 bits per heavy atom. The number of non-ortho nitro benzene ring substituents is 1. The molecule has 1 aliphatic heterocycles. The summed E-state index contributed by atoms with van der Waals surface area (Å²) in [5, 5.41) is 11.4. The molecule has 0 radical (unpaired) electrons. The van der Waals surface area contributed by atoms with Crippen LogP contribution < -0.4 is 5.56 Å². The van der Waals surface area contributed by atoms with Crippen LogP contribution in [-0.2, 0) is 13.0 Å². The molecule has 2 aromatic heterocycles. The van der Waals surface area contributed by atoms with Crippen LogP contribution in [0.3, 0.4) is 0 Å². The topological polar surface area (TPSA) is 78.0 Å². The maximum atomic E-state index is 12.7. The molecule has 0 saturated carbocycles. The van der Waals surface area contributed by atoms with Crippen LogP contribution in [0.15, 0.2) is 35.1 Å². The molecule has 0 bridgehead atoms. The van der Waals surface area contributed by atoms with Gasteiger partial charge in [0.2, 0.25) is 0 Å². The van der Waals surface area contributed by atoms with Crippen molar-refractivity contribution in [3.63, 3.8) is 0 Å². The van der Waals surface area contributed by atoms with Crippen LogP contribution in [0, 0.1) is 10.1 Å². The minimum absolute atomic E-state index is 0.0167. The maximum Gasteiger partial charge on any atom is 0.269 e. The zero-order chi connectivity index (χ0) is 17.6. The van der Waals surface area contributed by atoms with Gasteiger partial charge in [0.25, 0.3) is 11.2 Å².